The molecular formula is C23H23NO2Se. The first-order valence-corrected chi connectivity index (χ1v) is 10.8. The summed E-state index contributed by atoms with van der Waals surface area (Å²) in [6.45, 7) is 2.54. The number of nitrogens with one attached hydrogen (secondary N) is 1. The van der Waals surface area contributed by atoms with Gasteiger partial charge in [0.15, 0.2) is 0 Å². The Morgan fingerprint density at radius 2 is 1.44 bits per heavy atom. The molecule has 3 aromatic rings. The van der Waals surface area contributed by atoms with E-state index in [-0.39, 0.29) is 27.0 Å². The second kappa shape index (κ2) is 9.96. The summed E-state index contributed by atoms with van der Waals surface area (Å²) in [5.41, 5.74) is 1.62. The summed E-state index contributed by atoms with van der Waals surface area (Å²) < 4.78 is 6.97. The summed E-state index contributed by atoms with van der Waals surface area (Å²) in [6.07, 6.45) is 0. The summed E-state index contributed by atoms with van der Waals surface area (Å²) in [5.74, 6) is -0.283. The average molecular weight is 424 g/mol. The van der Waals surface area contributed by atoms with Crippen LogP contribution in [0.4, 0.5) is 5.69 Å². The monoisotopic (exact) mass is 425 g/mol. The zero-order valence-corrected chi connectivity index (χ0v) is 17.0. The van der Waals surface area contributed by atoms with Crippen LogP contribution in [0.1, 0.15) is 17.3 Å². The molecule has 138 valence electrons. The van der Waals surface area contributed by atoms with Crippen LogP contribution in [0.2, 0.25) is 4.82 Å². The Bertz CT molecular complexity index is 825. The quantitative estimate of drug-likeness (QED) is 0.436. The number of hydrogen-bond acceptors (Lipinski definition) is 3. The van der Waals surface area contributed by atoms with Gasteiger partial charge in [0, 0.05) is 0 Å². The fraction of sp³-hybridized carbons (Fsp3) is 0.174. The molecular weight excluding hydrogens is 401 g/mol. The van der Waals surface area contributed by atoms with E-state index >= 15 is 0 Å². The molecule has 3 aromatic carbocycles. The number of esters is 1. The molecule has 0 fully saturated rings. The molecule has 0 saturated carbocycles. The number of ether oxygens (including phenoxy) is 1. The minimum absolute atomic E-state index is 0.0419. The van der Waals surface area contributed by atoms with Crippen molar-refractivity contribution in [1.29, 1.82) is 0 Å². The summed E-state index contributed by atoms with van der Waals surface area (Å²) in [5, 5.41) is 3.54. The van der Waals surface area contributed by atoms with Gasteiger partial charge in [0.1, 0.15) is 0 Å². The normalized spacial score (nSPS) is 12.8. The van der Waals surface area contributed by atoms with Crippen LogP contribution in [0.15, 0.2) is 91.0 Å². The molecule has 0 bridgehead atoms. The van der Waals surface area contributed by atoms with Crippen molar-refractivity contribution >= 4 is 31.1 Å². The number of carbonyl (C=O) groups excluding carboxylic acids is 1. The van der Waals surface area contributed by atoms with E-state index in [1.807, 2.05) is 54.6 Å². The van der Waals surface area contributed by atoms with Gasteiger partial charge < -0.3 is 0 Å². The molecule has 0 saturated heterocycles. The Kier molecular flexibility index (Phi) is 7.09. The van der Waals surface area contributed by atoms with Gasteiger partial charge in [-0.05, 0) is 0 Å². The average Bonchev–Trinajstić information content (AvgIpc) is 2.73. The third kappa shape index (κ3) is 5.99. The first-order chi connectivity index (χ1) is 13.2. The van der Waals surface area contributed by atoms with Gasteiger partial charge in [-0.1, -0.05) is 0 Å². The molecule has 0 amide bonds. The van der Waals surface area contributed by atoms with E-state index in [2.05, 4.69) is 36.5 Å². The minimum atomic E-state index is -0.283. The van der Waals surface area contributed by atoms with Crippen molar-refractivity contribution in [2.24, 2.45) is 0 Å². The molecule has 0 aliphatic carbocycles. The second-order valence-electron chi connectivity index (χ2n) is 6.22. The molecule has 0 heterocycles. The third-order valence-corrected chi connectivity index (χ3v) is 6.77. The maximum atomic E-state index is 12.3. The van der Waals surface area contributed by atoms with Gasteiger partial charge in [-0.25, -0.2) is 0 Å². The van der Waals surface area contributed by atoms with Crippen molar-refractivity contribution in [3.8, 4) is 0 Å². The van der Waals surface area contributed by atoms with E-state index < -0.39 is 0 Å². The SMILES string of the molecule is CC([Se]c1ccccc1)C(COC(=O)c1ccccc1)Nc1ccccc1. The molecule has 0 aromatic heterocycles. The van der Waals surface area contributed by atoms with Crippen molar-refractivity contribution in [3.05, 3.63) is 96.6 Å². The van der Waals surface area contributed by atoms with Crippen LogP contribution in [0.3, 0.4) is 0 Å². The number of benzene rings is 3. The molecule has 0 aliphatic rings. The fourth-order valence-electron chi connectivity index (χ4n) is 2.66. The predicted molar refractivity (Wildman–Crippen MR) is 112 cm³/mol. The summed E-state index contributed by atoms with van der Waals surface area (Å²) in [7, 11) is 0. The van der Waals surface area contributed by atoms with Crippen molar-refractivity contribution in [1.82, 2.24) is 0 Å². The van der Waals surface area contributed by atoms with Crippen molar-refractivity contribution in [2.45, 2.75) is 17.8 Å². The molecule has 4 heteroatoms. The number of rotatable bonds is 8. The van der Waals surface area contributed by atoms with Crippen molar-refractivity contribution < 1.29 is 9.53 Å². The van der Waals surface area contributed by atoms with Crippen LogP contribution >= 0.6 is 0 Å². The van der Waals surface area contributed by atoms with Crippen LogP contribution < -0.4 is 9.78 Å². The third-order valence-electron chi connectivity index (χ3n) is 4.16. The number of carbonyl (C=O) groups is 1. The molecule has 1 N–H and O–H groups in total. The first-order valence-electron chi connectivity index (χ1n) is 8.98. The van der Waals surface area contributed by atoms with Crippen LogP contribution in [-0.2, 0) is 4.74 Å². The van der Waals surface area contributed by atoms with Gasteiger partial charge in [0.05, 0.1) is 0 Å². The van der Waals surface area contributed by atoms with Gasteiger partial charge in [0.25, 0.3) is 0 Å². The van der Waals surface area contributed by atoms with Crippen molar-refractivity contribution in [3.63, 3.8) is 0 Å². The molecule has 0 spiro atoms. The van der Waals surface area contributed by atoms with E-state index in [1.54, 1.807) is 12.1 Å². The Morgan fingerprint density at radius 3 is 2.07 bits per heavy atom. The molecule has 27 heavy (non-hydrogen) atoms. The topological polar surface area (TPSA) is 38.3 Å². The molecule has 3 nitrogen and oxygen atoms in total. The van der Waals surface area contributed by atoms with E-state index in [1.165, 1.54) is 4.46 Å². The summed E-state index contributed by atoms with van der Waals surface area (Å²) in [6, 6.07) is 29.7. The molecule has 0 radical (unpaired) electrons. The number of para-hydroxylation sites is 1. The fourth-order valence-corrected chi connectivity index (χ4v) is 4.87. The zero-order chi connectivity index (χ0) is 18.9. The first kappa shape index (κ1) is 19.2. The van der Waals surface area contributed by atoms with Gasteiger partial charge in [-0.3, -0.25) is 0 Å². The van der Waals surface area contributed by atoms with E-state index in [4.69, 9.17) is 4.74 Å². The summed E-state index contributed by atoms with van der Waals surface area (Å²) >= 11 is 0.271. The number of hydrogen-bond donors (Lipinski definition) is 1. The molecule has 0 aliphatic heterocycles. The Labute approximate surface area is 166 Å². The van der Waals surface area contributed by atoms with Gasteiger partial charge in [0.2, 0.25) is 0 Å². The Balaban J connectivity index is 1.68. The van der Waals surface area contributed by atoms with Gasteiger partial charge >= 0.3 is 167 Å². The van der Waals surface area contributed by atoms with Crippen LogP contribution in [0.5, 0.6) is 0 Å². The second-order valence-corrected chi connectivity index (χ2v) is 9.26. The van der Waals surface area contributed by atoms with Crippen molar-refractivity contribution in [2.75, 3.05) is 11.9 Å². The summed E-state index contributed by atoms with van der Waals surface area (Å²) in [4.78, 5) is 12.7. The molecule has 2 atom stereocenters. The van der Waals surface area contributed by atoms with Crippen LogP contribution in [-0.4, -0.2) is 33.6 Å². The van der Waals surface area contributed by atoms with Crippen LogP contribution in [0, 0.1) is 0 Å². The number of anilines is 1. The molecule has 2 unspecified atom stereocenters. The van der Waals surface area contributed by atoms with E-state index in [0.29, 0.717) is 17.0 Å². The zero-order valence-electron chi connectivity index (χ0n) is 15.2. The molecule has 3 rings (SSSR count). The maximum absolute atomic E-state index is 12.3. The van der Waals surface area contributed by atoms with Gasteiger partial charge in [-0.15, -0.1) is 0 Å². The van der Waals surface area contributed by atoms with E-state index in [0.717, 1.165) is 5.69 Å². The van der Waals surface area contributed by atoms with E-state index in [9.17, 15) is 4.79 Å². The van der Waals surface area contributed by atoms with Gasteiger partial charge in [-0.2, -0.15) is 0 Å². The Morgan fingerprint density at radius 1 is 0.889 bits per heavy atom. The Hall–Kier alpha value is -2.55. The predicted octanol–water partition coefficient (Wildman–Crippen LogP) is 4.16. The van der Waals surface area contributed by atoms with Crippen LogP contribution in [0.25, 0.3) is 0 Å². The standard InChI is InChI=1S/C23H23NO2Se/c1-18(27-21-15-9-4-10-16-21)22(24-20-13-7-3-8-14-20)17-26-23(25)19-11-5-2-6-12-19/h2-16,18,22,24H,17H2,1H3.